The van der Waals surface area contributed by atoms with Crippen molar-refractivity contribution in [1.29, 1.82) is 0 Å². The van der Waals surface area contributed by atoms with E-state index in [1.54, 1.807) is 25.7 Å². The van der Waals surface area contributed by atoms with Crippen molar-refractivity contribution < 1.29 is 19.1 Å². The molecule has 2 atom stereocenters. The predicted molar refractivity (Wildman–Crippen MR) is 154 cm³/mol. The average molecular weight is 536 g/mol. The maximum Gasteiger partial charge on any atom is 0.408 e. The smallest absolute Gasteiger partial charge is 0.408 e. The second kappa shape index (κ2) is 13.6. The fraction of sp³-hybridized carbons (Fsp3) is 0.531. The number of benzene rings is 2. The number of rotatable bonds is 9. The van der Waals surface area contributed by atoms with Gasteiger partial charge in [0.05, 0.1) is 0 Å². The second-order valence-electron chi connectivity index (χ2n) is 11.9. The minimum Gasteiger partial charge on any atom is -0.444 e. The SMILES string of the molecule is Cc1cccc(C(C(=O)NC2CCCCC2)N(C(=O)C(Cc2ccccc2)NC(=O)OC(C)(C)C)C(C)C)c1. The third-order valence-electron chi connectivity index (χ3n) is 6.92. The summed E-state index contributed by atoms with van der Waals surface area (Å²) in [7, 11) is 0. The van der Waals surface area contributed by atoms with E-state index in [2.05, 4.69) is 10.6 Å². The van der Waals surface area contributed by atoms with Gasteiger partial charge in [-0.05, 0) is 65.5 Å². The number of nitrogens with one attached hydrogen (secondary N) is 2. The van der Waals surface area contributed by atoms with E-state index in [0.29, 0.717) is 0 Å². The molecule has 0 bridgehead atoms. The molecule has 2 unspecified atom stereocenters. The van der Waals surface area contributed by atoms with E-state index in [1.807, 2.05) is 75.4 Å². The molecule has 1 aliphatic carbocycles. The molecule has 2 aromatic rings. The molecule has 0 radical (unpaired) electrons. The number of alkyl carbamates (subject to hydrolysis) is 1. The van der Waals surface area contributed by atoms with E-state index in [4.69, 9.17) is 4.74 Å². The summed E-state index contributed by atoms with van der Waals surface area (Å²) < 4.78 is 5.51. The van der Waals surface area contributed by atoms with Gasteiger partial charge in [-0.25, -0.2) is 4.79 Å². The molecule has 3 amide bonds. The summed E-state index contributed by atoms with van der Waals surface area (Å²) in [5, 5.41) is 6.05. The highest BCUT2D eigenvalue weighted by Crippen LogP contribution is 2.28. The van der Waals surface area contributed by atoms with Gasteiger partial charge in [0, 0.05) is 18.5 Å². The van der Waals surface area contributed by atoms with Crippen molar-refractivity contribution in [3.05, 3.63) is 71.3 Å². The molecule has 7 nitrogen and oxygen atoms in total. The maximum absolute atomic E-state index is 14.4. The fourth-order valence-corrected chi connectivity index (χ4v) is 5.17. The van der Waals surface area contributed by atoms with Crippen LogP contribution in [0.3, 0.4) is 0 Å². The first-order valence-electron chi connectivity index (χ1n) is 14.2. The summed E-state index contributed by atoms with van der Waals surface area (Å²) in [6.07, 6.45) is 4.85. The third-order valence-corrected chi connectivity index (χ3v) is 6.92. The summed E-state index contributed by atoms with van der Waals surface area (Å²) in [6.45, 7) is 11.1. The minimum absolute atomic E-state index is 0.0997. The molecule has 1 aliphatic rings. The van der Waals surface area contributed by atoms with Gasteiger partial charge in [-0.15, -0.1) is 0 Å². The van der Waals surface area contributed by atoms with Crippen LogP contribution in [-0.2, 0) is 20.7 Å². The summed E-state index contributed by atoms with van der Waals surface area (Å²) >= 11 is 0. The lowest BCUT2D eigenvalue weighted by atomic mass is 9.94. The predicted octanol–water partition coefficient (Wildman–Crippen LogP) is 5.86. The van der Waals surface area contributed by atoms with Gasteiger partial charge in [0.15, 0.2) is 0 Å². The molecule has 1 saturated carbocycles. The molecule has 212 valence electrons. The van der Waals surface area contributed by atoms with E-state index in [0.717, 1.165) is 42.4 Å². The van der Waals surface area contributed by atoms with E-state index >= 15 is 0 Å². The lowest BCUT2D eigenvalue weighted by molar-refractivity contribution is -0.145. The van der Waals surface area contributed by atoms with Crippen LogP contribution in [0.1, 0.15) is 89.5 Å². The number of carbonyl (C=O) groups is 3. The van der Waals surface area contributed by atoms with Gasteiger partial charge in [-0.1, -0.05) is 79.4 Å². The van der Waals surface area contributed by atoms with Gasteiger partial charge < -0.3 is 20.3 Å². The van der Waals surface area contributed by atoms with Crippen molar-refractivity contribution in [1.82, 2.24) is 15.5 Å². The standard InChI is InChI=1S/C32H45N3O4/c1-22(2)35(28(25-17-13-14-23(3)20-25)29(36)33-26-18-11-8-12-19-26)30(37)27(21-24-15-9-7-10-16-24)34-31(38)39-32(4,5)6/h7,9-10,13-17,20,22,26-28H,8,11-12,18-19,21H2,1-6H3,(H,33,36)(H,34,38). The quantitative estimate of drug-likeness (QED) is 0.421. The maximum atomic E-state index is 14.4. The number of amides is 3. The zero-order valence-electron chi connectivity index (χ0n) is 24.3. The van der Waals surface area contributed by atoms with Crippen LogP contribution in [0.25, 0.3) is 0 Å². The first-order valence-corrected chi connectivity index (χ1v) is 14.2. The van der Waals surface area contributed by atoms with Gasteiger partial charge in [0.2, 0.25) is 11.8 Å². The molecule has 0 spiro atoms. The fourth-order valence-electron chi connectivity index (χ4n) is 5.17. The molecular formula is C32H45N3O4. The largest absolute Gasteiger partial charge is 0.444 e. The first kappa shape index (κ1) is 30.2. The number of aryl methyl sites for hydroxylation is 1. The molecule has 2 N–H and O–H groups in total. The Morgan fingerprint density at radius 1 is 0.974 bits per heavy atom. The molecule has 7 heteroatoms. The monoisotopic (exact) mass is 535 g/mol. The molecule has 2 aromatic carbocycles. The summed E-state index contributed by atoms with van der Waals surface area (Å²) in [5.41, 5.74) is 1.94. The zero-order valence-corrected chi connectivity index (χ0v) is 24.3. The Balaban J connectivity index is 1.99. The van der Waals surface area contributed by atoms with E-state index in [1.165, 1.54) is 6.42 Å². The van der Waals surface area contributed by atoms with Crippen molar-refractivity contribution in [2.45, 2.75) is 110 Å². The Morgan fingerprint density at radius 2 is 1.64 bits per heavy atom. The molecule has 0 aliphatic heterocycles. The Morgan fingerprint density at radius 3 is 2.23 bits per heavy atom. The number of nitrogens with zero attached hydrogens (tertiary/aromatic N) is 1. The lowest BCUT2D eigenvalue weighted by Crippen LogP contribution is -2.56. The number of ether oxygens (including phenoxy) is 1. The summed E-state index contributed by atoms with van der Waals surface area (Å²) in [4.78, 5) is 42.8. The molecule has 0 saturated heterocycles. The molecule has 0 aromatic heterocycles. The van der Waals surface area contributed by atoms with Crippen LogP contribution >= 0.6 is 0 Å². The molecular weight excluding hydrogens is 490 g/mol. The van der Waals surface area contributed by atoms with E-state index in [-0.39, 0.29) is 30.3 Å². The van der Waals surface area contributed by atoms with E-state index < -0.39 is 23.8 Å². The highest BCUT2D eigenvalue weighted by molar-refractivity contribution is 5.92. The van der Waals surface area contributed by atoms with Gasteiger partial charge in [0.25, 0.3) is 0 Å². The van der Waals surface area contributed by atoms with Gasteiger partial charge >= 0.3 is 6.09 Å². The van der Waals surface area contributed by atoms with Crippen molar-refractivity contribution in [3.63, 3.8) is 0 Å². The number of hydrogen-bond acceptors (Lipinski definition) is 4. The van der Waals surface area contributed by atoms with Crippen molar-refractivity contribution in [3.8, 4) is 0 Å². The Hall–Kier alpha value is -3.35. The number of carbonyl (C=O) groups excluding carboxylic acids is 3. The van der Waals surface area contributed by atoms with Crippen molar-refractivity contribution >= 4 is 17.9 Å². The van der Waals surface area contributed by atoms with Crippen LogP contribution < -0.4 is 10.6 Å². The summed E-state index contributed by atoms with van der Waals surface area (Å²) in [6, 6.07) is 15.3. The van der Waals surface area contributed by atoms with Gasteiger partial charge in [-0.3, -0.25) is 9.59 Å². The van der Waals surface area contributed by atoms with Crippen LogP contribution in [-0.4, -0.2) is 46.5 Å². The molecule has 39 heavy (non-hydrogen) atoms. The van der Waals surface area contributed by atoms with Crippen LogP contribution in [0.15, 0.2) is 54.6 Å². The first-order chi connectivity index (χ1) is 18.4. The van der Waals surface area contributed by atoms with Crippen LogP contribution in [0, 0.1) is 6.92 Å². The Labute approximate surface area is 233 Å². The number of hydrogen-bond donors (Lipinski definition) is 2. The molecule has 3 rings (SSSR count). The van der Waals surface area contributed by atoms with Crippen LogP contribution in [0.2, 0.25) is 0 Å². The summed E-state index contributed by atoms with van der Waals surface area (Å²) in [5.74, 6) is -0.518. The minimum atomic E-state index is -0.917. The van der Waals surface area contributed by atoms with Crippen LogP contribution in [0.4, 0.5) is 4.79 Å². The van der Waals surface area contributed by atoms with Gasteiger partial charge in [0.1, 0.15) is 17.7 Å². The molecule has 1 fully saturated rings. The molecule has 0 heterocycles. The highest BCUT2D eigenvalue weighted by Gasteiger charge is 2.38. The van der Waals surface area contributed by atoms with Crippen molar-refractivity contribution in [2.24, 2.45) is 0 Å². The van der Waals surface area contributed by atoms with Crippen LogP contribution in [0.5, 0.6) is 0 Å². The topological polar surface area (TPSA) is 87.7 Å². The Bertz CT molecular complexity index is 1100. The van der Waals surface area contributed by atoms with Gasteiger partial charge in [-0.2, -0.15) is 0 Å². The lowest BCUT2D eigenvalue weighted by Gasteiger charge is -2.38. The Kier molecular flexibility index (Phi) is 10.6. The van der Waals surface area contributed by atoms with Crippen molar-refractivity contribution in [2.75, 3.05) is 0 Å². The zero-order chi connectivity index (χ0) is 28.6. The van der Waals surface area contributed by atoms with E-state index in [9.17, 15) is 14.4 Å². The third kappa shape index (κ3) is 9.12. The normalized spacial score (nSPS) is 15.8. The average Bonchev–Trinajstić information content (AvgIpc) is 2.86. The second-order valence-corrected chi connectivity index (χ2v) is 11.9. The highest BCUT2D eigenvalue weighted by atomic mass is 16.6.